The smallest absolute Gasteiger partial charge is 0.0478 e. The molecule has 3 heteroatoms. The number of hydrogen-bond acceptors (Lipinski definition) is 3. The Balaban J connectivity index is 3.23. The van der Waals surface area contributed by atoms with Crippen LogP contribution in [0.5, 0.6) is 0 Å². The van der Waals surface area contributed by atoms with E-state index in [4.69, 9.17) is 10.5 Å². The summed E-state index contributed by atoms with van der Waals surface area (Å²) < 4.78 is 5.83. The van der Waals surface area contributed by atoms with Gasteiger partial charge in [0.1, 0.15) is 0 Å². The lowest BCUT2D eigenvalue weighted by molar-refractivity contribution is 0.116. The van der Waals surface area contributed by atoms with Crippen molar-refractivity contribution in [3.8, 4) is 0 Å². The average molecular weight is 385 g/mol. The fourth-order valence-electron chi connectivity index (χ4n) is 3.67. The Bertz CT molecular complexity index is 261. The second kappa shape index (κ2) is 23.9. The molecule has 0 bridgehead atoms. The molecule has 0 heterocycles. The molecule has 3 nitrogen and oxygen atoms in total. The normalized spacial score (nSPS) is 11.6. The van der Waals surface area contributed by atoms with Crippen LogP contribution in [0.15, 0.2) is 0 Å². The molecule has 0 spiro atoms. The zero-order valence-electron chi connectivity index (χ0n) is 19.0. The monoisotopic (exact) mass is 384 g/mol. The van der Waals surface area contributed by atoms with Crippen LogP contribution < -0.4 is 5.73 Å². The number of nitrogens with two attached hydrogens (primary N) is 1. The number of rotatable bonds is 23. The molecule has 0 amide bonds. The standard InChI is InChI=1S/C24H52N2O/c1-3-5-6-7-8-9-10-11-12-13-14-17-23-27-24-18-22-26(20-4-2)21-16-15-19-25/h3-25H2,1-2H3. The zero-order valence-corrected chi connectivity index (χ0v) is 19.0. The molecule has 0 rings (SSSR count). The lowest BCUT2D eigenvalue weighted by atomic mass is 10.1. The van der Waals surface area contributed by atoms with Gasteiger partial charge in [0.25, 0.3) is 0 Å². The summed E-state index contributed by atoms with van der Waals surface area (Å²) in [5.74, 6) is 0. The number of nitrogens with zero attached hydrogens (tertiary/aromatic N) is 1. The van der Waals surface area contributed by atoms with E-state index in [0.717, 1.165) is 26.2 Å². The highest BCUT2D eigenvalue weighted by atomic mass is 16.5. The van der Waals surface area contributed by atoms with Crippen LogP contribution in [0.25, 0.3) is 0 Å². The van der Waals surface area contributed by atoms with Crippen molar-refractivity contribution in [3.63, 3.8) is 0 Å². The Morgan fingerprint density at radius 3 is 1.59 bits per heavy atom. The molecule has 0 atom stereocenters. The van der Waals surface area contributed by atoms with E-state index in [1.165, 1.54) is 116 Å². The first-order chi connectivity index (χ1) is 13.3. The van der Waals surface area contributed by atoms with Crippen molar-refractivity contribution in [1.29, 1.82) is 0 Å². The number of ether oxygens (including phenoxy) is 1. The fraction of sp³-hybridized carbons (Fsp3) is 1.00. The molecular weight excluding hydrogens is 332 g/mol. The molecule has 0 fully saturated rings. The number of hydrogen-bond donors (Lipinski definition) is 1. The van der Waals surface area contributed by atoms with E-state index in [2.05, 4.69) is 18.7 Å². The molecule has 0 radical (unpaired) electrons. The molecule has 0 saturated heterocycles. The number of unbranched alkanes of at least 4 members (excludes halogenated alkanes) is 12. The van der Waals surface area contributed by atoms with E-state index in [9.17, 15) is 0 Å². The van der Waals surface area contributed by atoms with Gasteiger partial charge in [0, 0.05) is 19.8 Å². The highest BCUT2D eigenvalue weighted by Crippen LogP contribution is 2.12. The highest BCUT2D eigenvalue weighted by Gasteiger charge is 2.03. The van der Waals surface area contributed by atoms with Gasteiger partial charge in [-0.1, -0.05) is 84.5 Å². The van der Waals surface area contributed by atoms with Gasteiger partial charge >= 0.3 is 0 Å². The van der Waals surface area contributed by atoms with Gasteiger partial charge in [0.2, 0.25) is 0 Å². The van der Waals surface area contributed by atoms with Gasteiger partial charge < -0.3 is 15.4 Å². The van der Waals surface area contributed by atoms with Crippen molar-refractivity contribution in [1.82, 2.24) is 4.90 Å². The molecule has 27 heavy (non-hydrogen) atoms. The second-order valence-electron chi connectivity index (χ2n) is 8.19. The van der Waals surface area contributed by atoms with E-state index in [-0.39, 0.29) is 0 Å². The summed E-state index contributed by atoms with van der Waals surface area (Å²) in [6, 6.07) is 0. The van der Waals surface area contributed by atoms with Gasteiger partial charge in [-0.3, -0.25) is 0 Å². The molecular formula is C24H52N2O. The third-order valence-electron chi connectivity index (χ3n) is 5.37. The molecule has 0 aromatic rings. The van der Waals surface area contributed by atoms with Crippen LogP contribution in [0.4, 0.5) is 0 Å². The van der Waals surface area contributed by atoms with E-state index >= 15 is 0 Å². The Morgan fingerprint density at radius 2 is 1.04 bits per heavy atom. The largest absolute Gasteiger partial charge is 0.381 e. The minimum absolute atomic E-state index is 0.822. The maximum atomic E-state index is 5.83. The van der Waals surface area contributed by atoms with Crippen molar-refractivity contribution in [2.75, 3.05) is 39.4 Å². The molecule has 0 aliphatic rings. The molecule has 0 aromatic heterocycles. The van der Waals surface area contributed by atoms with Crippen LogP contribution in [0.1, 0.15) is 117 Å². The van der Waals surface area contributed by atoms with Gasteiger partial charge in [0.05, 0.1) is 0 Å². The SMILES string of the molecule is CCCCCCCCCCCCCCOCCCN(CCC)CCCCN. The molecule has 0 saturated carbocycles. The van der Waals surface area contributed by atoms with Crippen molar-refractivity contribution in [2.45, 2.75) is 117 Å². The van der Waals surface area contributed by atoms with Crippen LogP contribution in [0, 0.1) is 0 Å². The van der Waals surface area contributed by atoms with Crippen LogP contribution in [0.3, 0.4) is 0 Å². The second-order valence-corrected chi connectivity index (χ2v) is 8.19. The first kappa shape index (κ1) is 26.9. The predicted octanol–water partition coefficient (Wildman–Crippen LogP) is 6.55. The average Bonchev–Trinajstić information content (AvgIpc) is 2.67. The molecule has 0 unspecified atom stereocenters. The van der Waals surface area contributed by atoms with Crippen LogP contribution in [0.2, 0.25) is 0 Å². The van der Waals surface area contributed by atoms with Crippen LogP contribution in [-0.2, 0) is 4.74 Å². The molecule has 2 N–H and O–H groups in total. The minimum atomic E-state index is 0.822. The van der Waals surface area contributed by atoms with E-state index in [0.29, 0.717) is 0 Å². The quantitative estimate of drug-likeness (QED) is 0.203. The van der Waals surface area contributed by atoms with Gasteiger partial charge in [-0.05, 0) is 51.7 Å². The predicted molar refractivity (Wildman–Crippen MR) is 122 cm³/mol. The van der Waals surface area contributed by atoms with Crippen LogP contribution in [-0.4, -0.2) is 44.3 Å². The maximum Gasteiger partial charge on any atom is 0.0478 e. The van der Waals surface area contributed by atoms with Gasteiger partial charge in [-0.15, -0.1) is 0 Å². The zero-order chi connectivity index (χ0) is 19.8. The highest BCUT2D eigenvalue weighted by molar-refractivity contribution is 4.58. The lowest BCUT2D eigenvalue weighted by Gasteiger charge is -2.21. The maximum absolute atomic E-state index is 5.83. The van der Waals surface area contributed by atoms with Crippen molar-refractivity contribution in [3.05, 3.63) is 0 Å². The van der Waals surface area contributed by atoms with Crippen molar-refractivity contribution < 1.29 is 4.74 Å². The third kappa shape index (κ3) is 22.0. The Morgan fingerprint density at radius 1 is 0.519 bits per heavy atom. The van der Waals surface area contributed by atoms with Gasteiger partial charge in [-0.2, -0.15) is 0 Å². The molecule has 0 aliphatic heterocycles. The summed E-state index contributed by atoms with van der Waals surface area (Å²) in [5.41, 5.74) is 5.59. The van der Waals surface area contributed by atoms with E-state index < -0.39 is 0 Å². The third-order valence-corrected chi connectivity index (χ3v) is 5.37. The summed E-state index contributed by atoms with van der Waals surface area (Å²) in [7, 11) is 0. The molecule has 0 aromatic carbocycles. The fourth-order valence-corrected chi connectivity index (χ4v) is 3.67. The van der Waals surface area contributed by atoms with E-state index in [1.807, 2.05) is 0 Å². The van der Waals surface area contributed by atoms with Crippen LogP contribution >= 0.6 is 0 Å². The Kier molecular flexibility index (Phi) is 23.8. The minimum Gasteiger partial charge on any atom is -0.381 e. The van der Waals surface area contributed by atoms with Crippen molar-refractivity contribution >= 4 is 0 Å². The summed E-state index contributed by atoms with van der Waals surface area (Å²) in [6.45, 7) is 10.8. The molecule has 164 valence electrons. The summed E-state index contributed by atoms with van der Waals surface area (Å²) in [4.78, 5) is 2.57. The summed E-state index contributed by atoms with van der Waals surface area (Å²) in [5, 5.41) is 0. The lowest BCUT2D eigenvalue weighted by Crippen LogP contribution is -2.28. The Hall–Kier alpha value is -0.120. The topological polar surface area (TPSA) is 38.5 Å². The van der Waals surface area contributed by atoms with Gasteiger partial charge in [0.15, 0.2) is 0 Å². The Labute approximate surface area is 171 Å². The molecule has 0 aliphatic carbocycles. The first-order valence-electron chi connectivity index (χ1n) is 12.3. The summed E-state index contributed by atoms with van der Waals surface area (Å²) >= 11 is 0. The first-order valence-corrected chi connectivity index (χ1v) is 12.3. The van der Waals surface area contributed by atoms with Gasteiger partial charge in [-0.25, -0.2) is 0 Å². The van der Waals surface area contributed by atoms with E-state index in [1.54, 1.807) is 0 Å². The summed E-state index contributed by atoms with van der Waals surface area (Å²) in [6.07, 6.45) is 21.7. The van der Waals surface area contributed by atoms with Crippen molar-refractivity contribution in [2.24, 2.45) is 5.73 Å².